The fraction of sp³-hybridized carbons (Fsp3) is 0.294. The van der Waals surface area contributed by atoms with Gasteiger partial charge >= 0.3 is 12.6 Å². The van der Waals surface area contributed by atoms with E-state index in [9.17, 15) is 18.4 Å². The Kier molecular flexibility index (Phi) is 5.35. The summed E-state index contributed by atoms with van der Waals surface area (Å²) in [6.45, 7) is -1.47. The van der Waals surface area contributed by atoms with E-state index in [-0.39, 0.29) is 23.4 Å². The number of benzene rings is 1. The van der Waals surface area contributed by atoms with Gasteiger partial charge in [-0.2, -0.15) is 8.78 Å². The van der Waals surface area contributed by atoms with Crippen molar-refractivity contribution in [1.82, 2.24) is 9.80 Å². The molecule has 3 rings (SSSR count). The number of alkyl halides is 2. The van der Waals surface area contributed by atoms with E-state index in [1.54, 1.807) is 28.0 Å². The van der Waals surface area contributed by atoms with Gasteiger partial charge in [-0.1, -0.05) is 6.07 Å². The molecule has 1 aliphatic heterocycles. The van der Waals surface area contributed by atoms with E-state index in [4.69, 9.17) is 4.42 Å². The summed E-state index contributed by atoms with van der Waals surface area (Å²) < 4.78 is 33.9. The second-order valence-corrected chi connectivity index (χ2v) is 5.59. The molecule has 2 aromatic rings. The summed E-state index contributed by atoms with van der Waals surface area (Å²) in [5, 5.41) is 2.64. The third-order valence-corrected chi connectivity index (χ3v) is 3.90. The highest BCUT2D eigenvalue weighted by atomic mass is 19.3. The second-order valence-electron chi connectivity index (χ2n) is 5.59. The standard InChI is InChI=1S/C17H17F2N3O4/c18-16(19)26-13-4-1-3-12(11-13)20-17(24)22-8-6-21(7-9-22)15(23)14-5-2-10-25-14/h1-5,10-11,16H,6-9H2,(H,20,24). The second kappa shape index (κ2) is 7.85. The Morgan fingerprint density at radius 1 is 1.08 bits per heavy atom. The van der Waals surface area contributed by atoms with E-state index >= 15 is 0 Å². The van der Waals surface area contributed by atoms with Crippen LogP contribution in [-0.4, -0.2) is 54.5 Å². The normalized spacial score (nSPS) is 14.4. The van der Waals surface area contributed by atoms with Gasteiger partial charge in [0.05, 0.1) is 6.26 Å². The van der Waals surface area contributed by atoms with Gasteiger partial charge in [-0.25, -0.2) is 4.79 Å². The molecule has 1 aromatic heterocycles. The molecule has 0 aliphatic carbocycles. The Balaban J connectivity index is 1.53. The molecule has 0 spiro atoms. The number of halogens is 2. The summed E-state index contributed by atoms with van der Waals surface area (Å²) in [5.41, 5.74) is 0.349. The first-order valence-corrected chi connectivity index (χ1v) is 7.96. The van der Waals surface area contributed by atoms with E-state index in [0.29, 0.717) is 31.9 Å². The number of amides is 3. The number of hydrogen-bond donors (Lipinski definition) is 1. The number of carbonyl (C=O) groups is 2. The van der Waals surface area contributed by atoms with Gasteiger partial charge in [0.25, 0.3) is 5.91 Å². The minimum Gasteiger partial charge on any atom is -0.459 e. The molecule has 9 heteroatoms. The van der Waals surface area contributed by atoms with E-state index in [1.165, 1.54) is 24.5 Å². The number of anilines is 1. The maximum Gasteiger partial charge on any atom is 0.387 e. The van der Waals surface area contributed by atoms with Gasteiger partial charge in [-0.05, 0) is 24.3 Å². The summed E-state index contributed by atoms with van der Waals surface area (Å²) in [7, 11) is 0. The molecule has 1 aromatic carbocycles. The predicted molar refractivity (Wildman–Crippen MR) is 88.3 cm³/mol. The quantitative estimate of drug-likeness (QED) is 0.904. The molecule has 0 bridgehead atoms. The summed E-state index contributed by atoms with van der Waals surface area (Å²) in [5.74, 6) is 0.0114. The zero-order valence-electron chi connectivity index (χ0n) is 13.7. The van der Waals surface area contributed by atoms with Gasteiger partial charge < -0.3 is 24.3 Å². The Labute approximate surface area is 148 Å². The average Bonchev–Trinajstić information content (AvgIpc) is 3.15. The maximum atomic E-state index is 12.3. The Morgan fingerprint density at radius 3 is 2.46 bits per heavy atom. The van der Waals surface area contributed by atoms with Crippen molar-refractivity contribution in [3.05, 3.63) is 48.4 Å². The molecule has 0 saturated carbocycles. The largest absolute Gasteiger partial charge is 0.459 e. The SMILES string of the molecule is O=C(Nc1cccc(OC(F)F)c1)N1CCN(C(=O)c2ccco2)CC1. The van der Waals surface area contributed by atoms with Crippen LogP contribution in [0, 0.1) is 0 Å². The molecule has 3 amide bonds. The monoisotopic (exact) mass is 365 g/mol. The molecular formula is C17H17F2N3O4. The first-order valence-electron chi connectivity index (χ1n) is 7.96. The third kappa shape index (κ3) is 4.29. The van der Waals surface area contributed by atoms with Crippen molar-refractivity contribution >= 4 is 17.6 Å². The number of ether oxygens (including phenoxy) is 1. The topological polar surface area (TPSA) is 75.0 Å². The van der Waals surface area contributed by atoms with Crippen molar-refractivity contribution in [2.24, 2.45) is 0 Å². The Bertz CT molecular complexity index is 759. The number of furan rings is 1. The van der Waals surface area contributed by atoms with E-state index in [0.717, 1.165) is 0 Å². The van der Waals surface area contributed by atoms with Crippen LogP contribution in [0.5, 0.6) is 5.75 Å². The number of rotatable bonds is 4. The van der Waals surface area contributed by atoms with Gasteiger partial charge in [0.2, 0.25) is 0 Å². The molecule has 138 valence electrons. The molecule has 1 fully saturated rings. The van der Waals surface area contributed by atoms with Crippen LogP contribution in [0.1, 0.15) is 10.6 Å². The first kappa shape index (κ1) is 17.7. The lowest BCUT2D eigenvalue weighted by Crippen LogP contribution is -2.51. The van der Waals surface area contributed by atoms with Gasteiger partial charge in [0.1, 0.15) is 5.75 Å². The lowest BCUT2D eigenvalue weighted by molar-refractivity contribution is -0.0498. The molecule has 1 N–H and O–H groups in total. The third-order valence-electron chi connectivity index (χ3n) is 3.90. The first-order chi connectivity index (χ1) is 12.5. The van der Waals surface area contributed by atoms with Gasteiger partial charge in [0, 0.05) is 37.9 Å². The summed E-state index contributed by atoms with van der Waals surface area (Å²) in [6, 6.07) is 8.64. The van der Waals surface area contributed by atoms with Gasteiger partial charge in [0.15, 0.2) is 5.76 Å². The highest BCUT2D eigenvalue weighted by molar-refractivity contribution is 5.92. The minimum atomic E-state index is -2.93. The van der Waals surface area contributed by atoms with Crippen molar-refractivity contribution in [3.8, 4) is 5.75 Å². The molecule has 0 radical (unpaired) electrons. The summed E-state index contributed by atoms with van der Waals surface area (Å²) in [4.78, 5) is 27.7. The molecule has 2 heterocycles. The number of nitrogens with one attached hydrogen (secondary N) is 1. The fourth-order valence-corrected chi connectivity index (χ4v) is 2.62. The van der Waals surface area contributed by atoms with Crippen LogP contribution in [0.25, 0.3) is 0 Å². The fourth-order valence-electron chi connectivity index (χ4n) is 2.62. The number of hydrogen-bond acceptors (Lipinski definition) is 4. The predicted octanol–water partition coefficient (Wildman–Crippen LogP) is 2.87. The van der Waals surface area contributed by atoms with E-state index in [2.05, 4.69) is 10.1 Å². The van der Waals surface area contributed by atoms with Crippen LogP contribution in [0.4, 0.5) is 19.3 Å². The number of piperazine rings is 1. The lowest BCUT2D eigenvalue weighted by atomic mass is 10.3. The van der Waals surface area contributed by atoms with E-state index in [1.807, 2.05) is 0 Å². The van der Waals surface area contributed by atoms with Crippen molar-refractivity contribution in [2.45, 2.75) is 6.61 Å². The van der Waals surface area contributed by atoms with E-state index < -0.39 is 6.61 Å². The van der Waals surface area contributed by atoms with Crippen LogP contribution >= 0.6 is 0 Å². The van der Waals surface area contributed by atoms with Gasteiger partial charge in [-0.3, -0.25) is 4.79 Å². The van der Waals surface area contributed by atoms with Crippen LogP contribution in [0.15, 0.2) is 47.1 Å². The number of carbonyl (C=O) groups excluding carboxylic acids is 2. The van der Waals surface area contributed by atoms with Crippen molar-refractivity contribution < 1.29 is 27.5 Å². The number of urea groups is 1. The van der Waals surface area contributed by atoms with Crippen molar-refractivity contribution in [3.63, 3.8) is 0 Å². The van der Waals surface area contributed by atoms with Crippen LogP contribution < -0.4 is 10.1 Å². The summed E-state index contributed by atoms with van der Waals surface area (Å²) in [6.07, 6.45) is 1.43. The maximum absolute atomic E-state index is 12.3. The number of nitrogens with zero attached hydrogens (tertiary/aromatic N) is 2. The highest BCUT2D eigenvalue weighted by Gasteiger charge is 2.26. The van der Waals surface area contributed by atoms with Crippen molar-refractivity contribution in [1.29, 1.82) is 0 Å². The zero-order valence-corrected chi connectivity index (χ0v) is 13.7. The van der Waals surface area contributed by atoms with Crippen LogP contribution in [0.2, 0.25) is 0 Å². The van der Waals surface area contributed by atoms with Crippen molar-refractivity contribution in [2.75, 3.05) is 31.5 Å². The highest BCUT2D eigenvalue weighted by Crippen LogP contribution is 2.20. The van der Waals surface area contributed by atoms with Crippen LogP contribution in [-0.2, 0) is 0 Å². The molecular weight excluding hydrogens is 348 g/mol. The smallest absolute Gasteiger partial charge is 0.387 e. The molecule has 1 aliphatic rings. The molecule has 0 unspecified atom stereocenters. The average molecular weight is 365 g/mol. The van der Waals surface area contributed by atoms with Gasteiger partial charge in [-0.15, -0.1) is 0 Å². The minimum absolute atomic E-state index is 0.0355. The Morgan fingerprint density at radius 2 is 1.81 bits per heavy atom. The zero-order chi connectivity index (χ0) is 18.5. The van der Waals surface area contributed by atoms with Crippen LogP contribution in [0.3, 0.4) is 0 Å². The molecule has 26 heavy (non-hydrogen) atoms. The summed E-state index contributed by atoms with van der Waals surface area (Å²) >= 11 is 0. The molecule has 7 nitrogen and oxygen atoms in total. The lowest BCUT2D eigenvalue weighted by Gasteiger charge is -2.34. The molecule has 1 saturated heterocycles. The molecule has 0 atom stereocenters. The Hall–Kier alpha value is -3.10.